The maximum atomic E-state index is 14.1. The van der Waals surface area contributed by atoms with E-state index in [1.165, 1.54) is 5.56 Å². The molecule has 0 fully saturated rings. The number of aromatic nitrogens is 2. The average molecular weight is 492 g/mol. The lowest BCUT2D eigenvalue weighted by atomic mass is 10.1. The summed E-state index contributed by atoms with van der Waals surface area (Å²) >= 11 is 6.56. The van der Waals surface area contributed by atoms with Gasteiger partial charge in [-0.15, -0.1) is 0 Å². The molecule has 1 aromatic heterocycles. The molecule has 0 radical (unpaired) electrons. The standard InChI is InChI=1S/C31H26ClN3O/c32-27-18-10-11-19-29(27)35-30(22-28(33-35)26-16-8-3-9-17-26)31(36)34(23-25-14-6-2-7-15-25)21-20-24-12-4-1-5-13-24/h1-19,22H,20-21,23H2. The van der Waals surface area contributed by atoms with Crippen LogP contribution in [0.2, 0.25) is 5.02 Å². The number of carbonyl (C=O) groups is 1. The Kier molecular flexibility index (Phi) is 7.25. The summed E-state index contributed by atoms with van der Waals surface area (Å²) in [7, 11) is 0. The highest BCUT2D eigenvalue weighted by molar-refractivity contribution is 6.32. The van der Waals surface area contributed by atoms with E-state index in [0.29, 0.717) is 29.5 Å². The van der Waals surface area contributed by atoms with Gasteiger partial charge in [-0.05, 0) is 35.7 Å². The van der Waals surface area contributed by atoms with E-state index in [1.807, 2.05) is 114 Å². The molecule has 1 heterocycles. The molecule has 0 aliphatic heterocycles. The molecule has 0 saturated carbocycles. The van der Waals surface area contributed by atoms with E-state index in [4.69, 9.17) is 16.7 Å². The number of hydrogen-bond donors (Lipinski definition) is 0. The summed E-state index contributed by atoms with van der Waals surface area (Å²) in [6.45, 7) is 1.08. The number of halogens is 1. The number of benzene rings is 4. The van der Waals surface area contributed by atoms with Crippen LogP contribution in [0, 0.1) is 0 Å². The summed E-state index contributed by atoms with van der Waals surface area (Å²) in [6, 6.07) is 39.5. The lowest BCUT2D eigenvalue weighted by Crippen LogP contribution is -2.34. The second-order valence-electron chi connectivity index (χ2n) is 8.59. The van der Waals surface area contributed by atoms with Gasteiger partial charge in [0.2, 0.25) is 0 Å². The third-order valence-corrected chi connectivity index (χ3v) is 6.41. The molecule has 178 valence electrons. The Labute approximate surface area is 216 Å². The highest BCUT2D eigenvalue weighted by Crippen LogP contribution is 2.27. The molecule has 0 aliphatic rings. The van der Waals surface area contributed by atoms with Gasteiger partial charge >= 0.3 is 0 Å². The molecule has 0 aliphatic carbocycles. The maximum absolute atomic E-state index is 14.1. The predicted octanol–water partition coefficient (Wildman–Crippen LogP) is 7.08. The molecule has 4 nitrogen and oxygen atoms in total. The van der Waals surface area contributed by atoms with E-state index < -0.39 is 0 Å². The molecule has 5 heteroatoms. The molecule has 36 heavy (non-hydrogen) atoms. The summed E-state index contributed by atoms with van der Waals surface area (Å²) in [5.41, 5.74) is 5.08. The number of hydrogen-bond acceptors (Lipinski definition) is 2. The summed E-state index contributed by atoms with van der Waals surface area (Å²) in [4.78, 5) is 16.0. The molecule has 4 aromatic carbocycles. The molecule has 5 rings (SSSR count). The Morgan fingerprint density at radius 2 is 1.33 bits per heavy atom. The Balaban J connectivity index is 1.55. The van der Waals surface area contributed by atoms with Crippen LogP contribution >= 0.6 is 11.6 Å². The van der Waals surface area contributed by atoms with Crippen molar-refractivity contribution in [2.75, 3.05) is 6.54 Å². The van der Waals surface area contributed by atoms with Crippen molar-refractivity contribution < 1.29 is 4.79 Å². The highest BCUT2D eigenvalue weighted by atomic mass is 35.5. The van der Waals surface area contributed by atoms with Crippen LogP contribution in [-0.4, -0.2) is 27.1 Å². The first kappa shape index (κ1) is 23.6. The largest absolute Gasteiger partial charge is 0.333 e. The summed E-state index contributed by atoms with van der Waals surface area (Å²) in [6.07, 6.45) is 0.755. The Bertz CT molecular complexity index is 1430. The number of carbonyl (C=O) groups excluding carboxylic acids is 1. The van der Waals surface area contributed by atoms with E-state index in [0.717, 1.165) is 23.2 Å². The van der Waals surface area contributed by atoms with Crippen molar-refractivity contribution in [1.82, 2.24) is 14.7 Å². The van der Waals surface area contributed by atoms with Gasteiger partial charge in [0.1, 0.15) is 5.69 Å². The minimum absolute atomic E-state index is 0.0932. The lowest BCUT2D eigenvalue weighted by molar-refractivity contribution is 0.0736. The SMILES string of the molecule is O=C(c1cc(-c2ccccc2)nn1-c1ccccc1Cl)N(CCc1ccccc1)Cc1ccccc1. The normalized spacial score (nSPS) is 10.8. The topological polar surface area (TPSA) is 38.1 Å². The summed E-state index contributed by atoms with van der Waals surface area (Å²) < 4.78 is 1.67. The van der Waals surface area contributed by atoms with Gasteiger partial charge in [0, 0.05) is 18.7 Å². The van der Waals surface area contributed by atoms with Gasteiger partial charge in [-0.3, -0.25) is 4.79 Å². The minimum Gasteiger partial charge on any atom is -0.333 e. The molecular weight excluding hydrogens is 466 g/mol. The van der Waals surface area contributed by atoms with E-state index in [2.05, 4.69) is 12.1 Å². The van der Waals surface area contributed by atoms with Crippen LogP contribution in [0.15, 0.2) is 121 Å². The summed E-state index contributed by atoms with van der Waals surface area (Å²) in [5.74, 6) is -0.0932. The zero-order valence-electron chi connectivity index (χ0n) is 19.8. The smallest absolute Gasteiger partial charge is 0.272 e. The fourth-order valence-electron chi connectivity index (χ4n) is 4.22. The zero-order chi connectivity index (χ0) is 24.7. The van der Waals surface area contributed by atoms with Gasteiger partial charge < -0.3 is 4.90 Å². The number of amides is 1. The molecule has 0 unspecified atom stereocenters. The first-order chi connectivity index (χ1) is 17.7. The molecule has 0 atom stereocenters. The van der Waals surface area contributed by atoms with Gasteiger partial charge in [-0.1, -0.05) is 115 Å². The summed E-state index contributed by atoms with van der Waals surface area (Å²) in [5, 5.41) is 5.36. The third-order valence-electron chi connectivity index (χ3n) is 6.10. The Hall–Kier alpha value is -4.15. The quantitative estimate of drug-likeness (QED) is 0.232. The lowest BCUT2D eigenvalue weighted by Gasteiger charge is -2.23. The van der Waals surface area contributed by atoms with Crippen LogP contribution in [0.4, 0.5) is 0 Å². The van der Waals surface area contributed by atoms with Crippen molar-refractivity contribution >= 4 is 17.5 Å². The van der Waals surface area contributed by atoms with E-state index in [-0.39, 0.29) is 5.91 Å². The van der Waals surface area contributed by atoms with Crippen molar-refractivity contribution in [2.45, 2.75) is 13.0 Å². The van der Waals surface area contributed by atoms with Crippen molar-refractivity contribution in [2.24, 2.45) is 0 Å². The van der Waals surface area contributed by atoms with Gasteiger partial charge in [-0.2, -0.15) is 5.10 Å². The first-order valence-corrected chi connectivity index (χ1v) is 12.3. The molecular formula is C31H26ClN3O. The van der Waals surface area contributed by atoms with E-state index >= 15 is 0 Å². The second-order valence-corrected chi connectivity index (χ2v) is 9.00. The average Bonchev–Trinajstić information content (AvgIpc) is 3.38. The first-order valence-electron chi connectivity index (χ1n) is 12.0. The Morgan fingerprint density at radius 1 is 0.750 bits per heavy atom. The molecule has 5 aromatic rings. The van der Waals surface area contributed by atoms with Crippen molar-refractivity contribution in [3.8, 4) is 16.9 Å². The minimum atomic E-state index is -0.0932. The molecule has 0 bridgehead atoms. The van der Waals surface area contributed by atoms with Gasteiger partial charge in [0.05, 0.1) is 16.4 Å². The van der Waals surface area contributed by atoms with Crippen LogP contribution in [0.1, 0.15) is 21.6 Å². The van der Waals surface area contributed by atoms with Crippen LogP contribution in [0.25, 0.3) is 16.9 Å². The van der Waals surface area contributed by atoms with Crippen LogP contribution in [-0.2, 0) is 13.0 Å². The van der Waals surface area contributed by atoms with Crippen molar-refractivity contribution in [3.63, 3.8) is 0 Å². The molecule has 0 saturated heterocycles. The van der Waals surface area contributed by atoms with E-state index in [9.17, 15) is 4.79 Å². The van der Waals surface area contributed by atoms with Gasteiger partial charge in [-0.25, -0.2) is 4.68 Å². The molecule has 1 amide bonds. The van der Waals surface area contributed by atoms with Crippen molar-refractivity contribution in [3.05, 3.63) is 143 Å². The maximum Gasteiger partial charge on any atom is 0.272 e. The fraction of sp³-hybridized carbons (Fsp3) is 0.0968. The number of nitrogens with zero attached hydrogens (tertiary/aromatic N) is 3. The highest BCUT2D eigenvalue weighted by Gasteiger charge is 2.24. The van der Waals surface area contributed by atoms with Gasteiger partial charge in [0.25, 0.3) is 5.91 Å². The Morgan fingerprint density at radius 3 is 2.00 bits per heavy atom. The molecule has 0 spiro atoms. The van der Waals surface area contributed by atoms with Crippen LogP contribution < -0.4 is 0 Å². The predicted molar refractivity (Wildman–Crippen MR) is 145 cm³/mol. The zero-order valence-corrected chi connectivity index (χ0v) is 20.6. The third kappa shape index (κ3) is 5.40. The number of rotatable bonds is 8. The second kappa shape index (κ2) is 11.1. The van der Waals surface area contributed by atoms with E-state index in [1.54, 1.807) is 4.68 Å². The van der Waals surface area contributed by atoms with Gasteiger partial charge in [0.15, 0.2) is 0 Å². The van der Waals surface area contributed by atoms with Crippen LogP contribution in [0.5, 0.6) is 0 Å². The van der Waals surface area contributed by atoms with Crippen molar-refractivity contribution in [1.29, 1.82) is 0 Å². The fourth-order valence-corrected chi connectivity index (χ4v) is 4.43. The monoisotopic (exact) mass is 491 g/mol. The van der Waals surface area contributed by atoms with Crippen LogP contribution in [0.3, 0.4) is 0 Å². The molecule has 0 N–H and O–H groups in total. The number of para-hydroxylation sites is 1.